The molecule has 0 N–H and O–H groups in total. The van der Waals surface area contributed by atoms with Gasteiger partial charge >= 0.3 is 0 Å². The third-order valence-electron chi connectivity index (χ3n) is 1.87. The maximum atomic E-state index is 8.72. The summed E-state index contributed by atoms with van der Waals surface area (Å²) in [4.78, 5) is 3.97. The summed E-state index contributed by atoms with van der Waals surface area (Å²) in [5, 5.41) is 9.00. The lowest BCUT2D eigenvalue weighted by Crippen LogP contribution is -2.11. The summed E-state index contributed by atoms with van der Waals surface area (Å²) in [6.45, 7) is 3.93. The molecule has 0 aromatic carbocycles. The summed E-state index contributed by atoms with van der Waals surface area (Å²) in [7, 11) is 0. The van der Waals surface area contributed by atoms with E-state index in [4.69, 9.17) is 21.6 Å². The number of nitrogens with zero attached hydrogens (tertiary/aromatic N) is 2. The van der Waals surface area contributed by atoms with E-state index in [1.807, 2.05) is 19.9 Å². The fraction of sp³-hybridized carbons (Fsp3) is 0.400. The van der Waals surface area contributed by atoms with Gasteiger partial charge in [0.1, 0.15) is 11.1 Å². The molecule has 1 atom stereocenters. The summed E-state index contributed by atoms with van der Waals surface area (Å²) < 4.78 is 5.44. The zero-order valence-corrected chi connectivity index (χ0v) is 8.88. The Balaban J connectivity index is 2.94. The number of aromatic nitrogens is 1. The molecule has 0 radical (unpaired) electrons. The average molecular weight is 211 g/mol. The number of halogens is 1. The average Bonchev–Trinajstić information content (AvgIpc) is 2.21. The number of hydrogen-bond acceptors (Lipinski definition) is 3. The van der Waals surface area contributed by atoms with E-state index in [9.17, 15) is 0 Å². The van der Waals surface area contributed by atoms with Gasteiger partial charge in [0.05, 0.1) is 11.7 Å². The quantitative estimate of drug-likeness (QED) is 0.771. The molecular formula is C10H11ClN2O. The van der Waals surface area contributed by atoms with Crippen LogP contribution in [0.2, 0.25) is 5.02 Å². The lowest BCUT2D eigenvalue weighted by molar-refractivity contribution is 0.209. The lowest BCUT2D eigenvalue weighted by Gasteiger charge is -2.12. The van der Waals surface area contributed by atoms with Crippen molar-refractivity contribution in [3.8, 4) is 11.9 Å². The van der Waals surface area contributed by atoms with Crippen LogP contribution >= 0.6 is 11.6 Å². The Kier molecular flexibility index (Phi) is 3.73. The van der Waals surface area contributed by atoms with Crippen LogP contribution in [-0.2, 0) is 0 Å². The Labute approximate surface area is 88.3 Å². The molecule has 0 fully saturated rings. The van der Waals surface area contributed by atoms with Crippen LogP contribution in [0.15, 0.2) is 12.3 Å². The molecule has 0 saturated heterocycles. The highest BCUT2D eigenvalue weighted by atomic mass is 35.5. The van der Waals surface area contributed by atoms with E-state index in [1.54, 1.807) is 6.07 Å². The van der Waals surface area contributed by atoms with E-state index >= 15 is 0 Å². The van der Waals surface area contributed by atoms with Gasteiger partial charge in [0.25, 0.3) is 0 Å². The standard InChI is InChI=1S/C10H11ClN2O/c1-3-7(2)14-10-9(11)8(6-12)4-5-13-10/h4-5,7H,3H2,1-2H3. The molecule has 3 nitrogen and oxygen atoms in total. The second-order valence-corrected chi connectivity index (χ2v) is 3.30. The predicted octanol–water partition coefficient (Wildman–Crippen LogP) is 2.78. The van der Waals surface area contributed by atoms with Gasteiger partial charge in [0, 0.05) is 6.20 Å². The summed E-state index contributed by atoms with van der Waals surface area (Å²) >= 11 is 5.90. The van der Waals surface area contributed by atoms with Crippen molar-refractivity contribution in [2.45, 2.75) is 26.4 Å². The fourth-order valence-electron chi connectivity index (χ4n) is 0.867. The molecule has 1 aromatic rings. The molecule has 1 unspecified atom stereocenters. The number of rotatable bonds is 3. The molecule has 1 aromatic heterocycles. The van der Waals surface area contributed by atoms with E-state index in [2.05, 4.69) is 4.98 Å². The third kappa shape index (κ3) is 2.36. The van der Waals surface area contributed by atoms with Crippen molar-refractivity contribution in [3.05, 3.63) is 22.8 Å². The Morgan fingerprint density at radius 1 is 1.71 bits per heavy atom. The number of nitriles is 1. The molecule has 0 saturated carbocycles. The highest BCUT2D eigenvalue weighted by Crippen LogP contribution is 2.25. The minimum absolute atomic E-state index is 0.0499. The van der Waals surface area contributed by atoms with Crippen molar-refractivity contribution in [1.82, 2.24) is 4.98 Å². The van der Waals surface area contributed by atoms with Crippen LogP contribution in [-0.4, -0.2) is 11.1 Å². The van der Waals surface area contributed by atoms with Crippen LogP contribution in [0.3, 0.4) is 0 Å². The second-order valence-electron chi connectivity index (χ2n) is 2.93. The Morgan fingerprint density at radius 2 is 2.43 bits per heavy atom. The maximum absolute atomic E-state index is 8.72. The molecule has 0 aliphatic carbocycles. The molecule has 1 heterocycles. The van der Waals surface area contributed by atoms with Crippen molar-refractivity contribution in [1.29, 1.82) is 5.26 Å². The molecule has 0 aliphatic rings. The first-order chi connectivity index (χ1) is 6.69. The van der Waals surface area contributed by atoms with E-state index in [-0.39, 0.29) is 11.1 Å². The van der Waals surface area contributed by atoms with Gasteiger partial charge in [-0.25, -0.2) is 4.98 Å². The van der Waals surface area contributed by atoms with E-state index in [1.165, 1.54) is 6.20 Å². The van der Waals surface area contributed by atoms with Crippen LogP contribution < -0.4 is 4.74 Å². The molecule has 0 spiro atoms. The molecule has 14 heavy (non-hydrogen) atoms. The van der Waals surface area contributed by atoms with Crippen molar-refractivity contribution in [2.24, 2.45) is 0 Å². The third-order valence-corrected chi connectivity index (χ3v) is 2.23. The zero-order valence-electron chi connectivity index (χ0n) is 8.12. The van der Waals surface area contributed by atoms with Crippen LogP contribution in [0.5, 0.6) is 5.88 Å². The summed E-state index contributed by atoms with van der Waals surface area (Å²) in [5.41, 5.74) is 0.389. The molecule has 0 aliphatic heterocycles. The zero-order chi connectivity index (χ0) is 10.6. The minimum atomic E-state index is 0.0499. The Morgan fingerprint density at radius 3 is 3.00 bits per heavy atom. The Bertz CT molecular complexity index is 360. The van der Waals surface area contributed by atoms with Crippen molar-refractivity contribution < 1.29 is 4.74 Å². The lowest BCUT2D eigenvalue weighted by atomic mass is 10.3. The van der Waals surface area contributed by atoms with Crippen LogP contribution in [0, 0.1) is 11.3 Å². The van der Waals surface area contributed by atoms with Gasteiger partial charge in [-0.1, -0.05) is 18.5 Å². The summed E-state index contributed by atoms with van der Waals surface area (Å²) in [5.74, 6) is 0.333. The van der Waals surface area contributed by atoms with Crippen LogP contribution in [0.1, 0.15) is 25.8 Å². The van der Waals surface area contributed by atoms with E-state index < -0.39 is 0 Å². The highest BCUT2D eigenvalue weighted by Gasteiger charge is 2.10. The number of hydrogen-bond donors (Lipinski definition) is 0. The monoisotopic (exact) mass is 210 g/mol. The van der Waals surface area contributed by atoms with Gasteiger partial charge in [-0.15, -0.1) is 0 Å². The topological polar surface area (TPSA) is 45.9 Å². The Hall–Kier alpha value is -1.27. The summed E-state index contributed by atoms with van der Waals surface area (Å²) in [6, 6.07) is 3.54. The normalized spacial score (nSPS) is 11.9. The molecule has 1 rings (SSSR count). The second kappa shape index (κ2) is 4.83. The van der Waals surface area contributed by atoms with Gasteiger partial charge in [-0.2, -0.15) is 5.26 Å². The van der Waals surface area contributed by atoms with E-state index in [0.29, 0.717) is 11.4 Å². The van der Waals surface area contributed by atoms with Gasteiger partial charge in [0.15, 0.2) is 0 Å². The first-order valence-corrected chi connectivity index (χ1v) is 4.78. The molecule has 74 valence electrons. The molecular weight excluding hydrogens is 200 g/mol. The highest BCUT2D eigenvalue weighted by molar-refractivity contribution is 6.32. The minimum Gasteiger partial charge on any atom is -0.474 e. The van der Waals surface area contributed by atoms with Crippen molar-refractivity contribution in [2.75, 3.05) is 0 Å². The number of ether oxygens (including phenoxy) is 1. The maximum Gasteiger partial charge on any atom is 0.234 e. The first kappa shape index (κ1) is 10.8. The van der Waals surface area contributed by atoms with Crippen molar-refractivity contribution >= 4 is 11.6 Å². The molecule has 4 heteroatoms. The number of pyridine rings is 1. The molecule has 0 bridgehead atoms. The smallest absolute Gasteiger partial charge is 0.234 e. The van der Waals surface area contributed by atoms with Gasteiger partial charge in [-0.05, 0) is 19.4 Å². The predicted molar refractivity (Wildman–Crippen MR) is 54.3 cm³/mol. The van der Waals surface area contributed by atoms with Gasteiger partial charge in [-0.3, -0.25) is 0 Å². The summed E-state index contributed by atoms with van der Waals surface area (Å²) in [6.07, 6.45) is 2.44. The fourth-order valence-corrected chi connectivity index (χ4v) is 1.07. The van der Waals surface area contributed by atoms with Gasteiger partial charge in [0.2, 0.25) is 5.88 Å². The van der Waals surface area contributed by atoms with Crippen LogP contribution in [0.4, 0.5) is 0 Å². The largest absolute Gasteiger partial charge is 0.474 e. The van der Waals surface area contributed by atoms with Crippen LogP contribution in [0.25, 0.3) is 0 Å². The van der Waals surface area contributed by atoms with Crippen molar-refractivity contribution in [3.63, 3.8) is 0 Å². The van der Waals surface area contributed by atoms with E-state index in [0.717, 1.165) is 6.42 Å². The SMILES string of the molecule is CCC(C)Oc1nccc(C#N)c1Cl. The molecule has 0 amide bonds. The van der Waals surface area contributed by atoms with Gasteiger partial charge < -0.3 is 4.74 Å². The first-order valence-electron chi connectivity index (χ1n) is 4.40.